The quantitative estimate of drug-likeness (QED) is 0.734. The number of hydrogen-bond acceptors (Lipinski definition) is 4. The molecule has 0 spiro atoms. The fourth-order valence-corrected chi connectivity index (χ4v) is 3.37. The van der Waals surface area contributed by atoms with Gasteiger partial charge in [-0.25, -0.2) is 0 Å². The SMILES string of the molecule is COc1ccc(OC)c(/C=C/C(=O)N2CCN(c3ccccc3Cl)CC2)c1. The van der Waals surface area contributed by atoms with Gasteiger partial charge in [0.25, 0.3) is 0 Å². The van der Waals surface area contributed by atoms with Gasteiger partial charge in [-0.2, -0.15) is 0 Å². The molecule has 1 heterocycles. The van der Waals surface area contributed by atoms with Crippen molar-refractivity contribution in [1.29, 1.82) is 0 Å². The van der Waals surface area contributed by atoms with E-state index in [4.69, 9.17) is 21.1 Å². The summed E-state index contributed by atoms with van der Waals surface area (Å²) < 4.78 is 10.6. The highest BCUT2D eigenvalue weighted by Gasteiger charge is 2.21. The number of rotatable bonds is 5. The van der Waals surface area contributed by atoms with Crippen molar-refractivity contribution in [2.45, 2.75) is 0 Å². The minimum atomic E-state index is -0.0151. The first-order chi connectivity index (χ1) is 13.1. The van der Waals surface area contributed by atoms with Crippen molar-refractivity contribution in [2.24, 2.45) is 0 Å². The maximum absolute atomic E-state index is 12.6. The van der Waals surface area contributed by atoms with E-state index in [1.54, 1.807) is 26.4 Å². The number of amides is 1. The summed E-state index contributed by atoms with van der Waals surface area (Å²) in [6.07, 6.45) is 3.35. The molecule has 2 aromatic carbocycles. The van der Waals surface area contributed by atoms with Crippen LogP contribution in [0.3, 0.4) is 0 Å². The molecule has 142 valence electrons. The third kappa shape index (κ3) is 4.55. The van der Waals surface area contributed by atoms with E-state index in [0.29, 0.717) is 18.8 Å². The highest BCUT2D eigenvalue weighted by molar-refractivity contribution is 6.33. The zero-order valence-electron chi connectivity index (χ0n) is 15.5. The molecule has 0 radical (unpaired) electrons. The summed E-state index contributed by atoms with van der Waals surface area (Å²) in [6.45, 7) is 2.82. The summed E-state index contributed by atoms with van der Waals surface area (Å²) in [7, 11) is 3.22. The van der Waals surface area contributed by atoms with Crippen LogP contribution in [-0.4, -0.2) is 51.2 Å². The number of halogens is 1. The van der Waals surface area contributed by atoms with Crippen LogP contribution in [0.15, 0.2) is 48.5 Å². The lowest BCUT2D eigenvalue weighted by atomic mass is 10.1. The molecule has 0 aliphatic carbocycles. The third-order valence-electron chi connectivity index (χ3n) is 4.63. The van der Waals surface area contributed by atoms with E-state index in [0.717, 1.165) is 35.1 Å². The molecule has 0 bridgehead atoms. The molecule has 1 aliphatic heterocycles. The second-order valence-electron chi connectivity index (χ2n) is 6.20. The van der Waals surface area contributed by atoms with Gasteiger partial charge in [0.1, 0.15) is 11.5 Å². The summed E-state index contributed by atoms with van der Waals surface area (Å²) in [5.41, 5.74) is 1.82. The van der Waals surface area contributed by atoms with Gasteiger partial charge in [-0.05, 0) is 36.4 Å². The van der Waals surface area contributed by atoms with Crippen molar-refractivity contribution in [3.8, 4) is 11.5 Å². The van der Waals surface area contributed by atoms with E-state index in [2.05, 4.69) is 4.90 Å². The molecule has 3 rings (SSSR count). The van der Waals surface area contributed by atoms with Gasteiger partial charge in [-0.15, -0.1) is 0 Å². The van der Waals surface area contributed by atoms with Crippen LogP contribution < -0.4 is 14.4 Å². The van der Waals surface area contributed by atoms with Crippen LogP contribution in [0.1, 0.15) is 5.56 Å². The van der Waals surface area contributed by atoms with Crippen LogP contribution in [0.2, 0.25) is 5.02 Å². The highest BCUT2D eigenvalue weighted by atomic mass is 35.5. The fourth-order valence-electron chi connectivity index (χ4n) is 3.11. The number of carbonyl (C=O) groups excluding carboxylic acids is 1. The number of para-hydroxylation sites is 1. The van der Waals surface area contributed by atoms with Crippen molar-refractivity contribution >= 4 is 29.3 Å². The second-order valence-corrected chi connectivity index (χ2v) is 6.61. The molecule has 0 aromatic heterocycles. The lowest BCUT2D eigenvalue weighted by Gasteiger charge is -2.36. The van der Waals surface area contributed by atoms with Gasteiger partial charge in [-0.1, -0.05) is 23.7 Å². The number of benzene rings is 2. The number of nitrogens with zero attached hydrogens (tertiary/aromatic N) is 2. The van der Waals surface area contributed by atoms with E-state index in [-0.39, 0.29) is 5.91 Å². The molecule has 0 atom stereocenters. The van der Waals surface area contributed by atoms with E-state index < -0.39 is 0 Å². The predicted molar refractivity (Wildman–Crippen MR) is 109 cm³/mol. The van der Waals surface area contributed by atoms with Crippen molar-refractivity contribution in [2.75, 3.05) is 45.3 Å². The number of ether oxygens (including phenoxy) is 2. The largest absolute Gasteiger partial charge is 0.497 e. The van der Waals surface area contributed by atoms with Gasteiger partial charge in [0, 0.05) is 37.8 Å². The first-order valence-corrected chi connectivity index (χ1v) is 9.18. The molecular weight excluding hydrogens is 364 g/mol. The fraction of sp³-hybridized carbons (Fsp3) is 0.286. The molecule has 6 heteroatoms. The van der Waals surface area contributed by atoms with Crippen molar-refractivity contribution < 1.29 is 14.3 Å². The highest BCUT2D eigenvalue weighted by Crippen LogP contribution is 2.27. The predicted octanol–water partition coefficient (Wildman–Crippen LogP) is 3.72. The molecule has 0 N–H and O–H groups in total. The average Bonchev–Trinajstić information content (AvgIpc) is 2.72. The summed E-state index contributed by atoms with van der Waals surface area (Å²) in [5, 5.41) is 0.738. The van der Waals surface area contributed by atoms with Gasteiger partial charge < -0.3 is 19.3 Å². The maximum atomic E-state index is 12.6. The maximum Gasteiger partial charge on any atom is 0.246 e. The average molecular weight is 387 g/mol. The molecule has 1 saturated heterocycles. The lowest BCUT2D eigenvalue weighted by Crippen LogP contribution is -2.48. The molecule has 1 amide bonds. The molecule has 1 fully saturated rings. The van der Waals surface area contributed by atoms with E-state index >= 15 is 0 Å². The van der Waals surface area contributed by atoms with E-state index in [1.165, 1.54) is 0 Å². The number of anilines is 1. The summed E-state index contributed by atoms with van der Waals surface area (Å²) in [5.74, 6) is 1.40. The lowest BCUT2D eigenvalue weighted by molar-refractivity contribution is -0.126. The van der Waals surface area contributed by atoms with Crippen LogP contribution in [-0.2, 0) is 4.79 Å². The smallest absolute Gasteiger partial charge is 0.246 e. The van der Waals surface area contributed by atoms with Crippen molar-refractivity contribution in [3.63, 3.8) is 0 Å². The van der Waals surface area contributed by atoms with Crippen molar-refractivity contribution in [1.82, 2.24) is 4.90 Å². The molecular formula is C21H23ClN2O3. The third-order valence-corrected chi connectivity index (χ3v) is 4.95. The van der Waals surface area contributed by atoms with Crippen LogP contribution in [0.4, 0.5) is 5.69 Å². The van der Waals surface area contributed by atoms with Crippen LogP contribution in [0.5, 0.6) is 11.5 Å². The zero-order valence-corrected chi connectivity index (χ0v) is 16.3. The standard InChI is InChI=1S/C21H23ClN2O3/c1-26-17-8-9-20(27-2)16(15-17)7-10-21(25)24-13-11-23(12-14-24)19-6-4-3-5-18(19)22/h3-10,15H,11-14H2,1-2H3/b10-7+. The molecule has 2 aromatic rings. The first kappa shape index (κ1) is 19.1. The number of methoxy groups -OCH3 is 2. The Hall–Kier alpha value is -2.66. The Morgan fingerprint density at radius 3 is 2.44 bits per heavy atom. The Morgan fingerprint density at radius 2 is 1.78 bits per heavy atom. The van der Waals surface area contributed by atoms with Crippen LogP contribution in [0, 0.1) is 0 Å². The Morgan fingerprint density at radius 1 is 1.04 bits per heavy atom. The molecule has 1 aliphatic rings. The number of piperazine rings is 1. The summed E-state index contributed by atoms with van der Waals surface area (Å²) in [4.78, 5) is 16.6. The van der Waals surface area contributed by atoms with Gasteiger partial charge in [0.05, 0.1) is 24.9 Å². The van der Waals surface area contributed by atoms with Crippen LogP contribution >= 0.6 is 11.6 Å². The Kier molecular flexibility index (Phi) is 6.24. The first-order valence-electron chi connectivity index (χ1n) is 8.81. The normalized spacial score (nSPS) is 14.5. The van der Waals surface area contributed by atoms with Crippen LogP contribution in [0.25, 0.3) is 6.08 Å². The Bertz CT molecular complexity index is 830. The summed E-state index contributed by atoms with van der Waals surface area (Å²) in [6, 6.07) is 13.3. The minimum absolute atomic E-state index is 0.0151. The molecule has 0 saturated carbocycles. The van der Waals surface area contributed by atoms with E-state index in [1.807, 2.05) is 47.4 Å². The monoisotopic (exact) mass is 386 g/mol. The molecule has 5 nitrogen and oxygen atoms in total. The number of carbonyl (C=O) groups is 1. The van der Waals surface area contributed by atoms with Crippen molar-refractivity contribution in [3.05, 3.63) is 59.1 Å². The Balaban J connectivity index is 1.63. The van der Waals surface area contributed by atoms with Gasteiger partial charge in [0.2, 0.25) is 5.91 Å². The van der Waals surface area contributed by atoms with Gasteiger partial charge in [-0.3, -0.25) is 4.79 Å². The zero-order chi connectivity index (χ0) is 19.2. The summed E-state index contributed by atoms with van der Waals surface area (Å²) >= 11 is 6.27. The number of hydrogen-bond donors (Lipinski definition) is 0. The van der Waals surface area contributed by atoms with Gasteiger partial charge in [0.15, 0.2) is 0 Å². The minimum Gasteiger partial charge on any atom is -0.497 e. The Labute approximate surface area is 164 Å². The molecule has 27 heavy (non-hydrogen) atoms. The topological polar surface area (TPSA) is 42.0 Å². The van der Waals surface area contributed by atoms with E-state index in [9.17, 15) is 4.79 Å². The van der Waals surface area contributed by atoms with Gasteiger partial charge >= 0.3 is 0 Å². The second kappa shape index (κ2) is 8.82. The molecule has 0 unspecified atom stereocenters.